The molecule has 0 saturated heterocycles. The Labute approximate surface area is 122 Å². The first-order valence-electron chi connectivity index (χ1n) is 7.30. The molecule has 2 aromatic rings. The fourth-order valence-corrected chi connectivity index (χ4v) is 2.71. The molecule has 0 aliphatic rings. The average molecular weight is 271 g/mol. The van der Waals surface area contributed by atoms with Crippen LogP contribution >= 0.6 is 0 Å². The zero-order valence-corrected chi connectivity index (χ0v) is 12.9. The normalized spacial score (nSPS) is 14.9. The van der Waals surface area contributed by atoms with Gasteiger partial charge in [-0.1, -0.05) is 56.3 Å². The maximum atomic E-state index is 10.5. The lowest BCUT2D eigenvalue weighted by molar-refractivity contribution is 0.0848. The minimum atomic E-state index is -0.321. The lowest BCUT2D eigenvalue weighted by Gasteiger charge is -2.29. The largest absolute Gasteiger partial charge is 0.392 e. The van der Waals surface area contributed by atoms with Crippen LogP contribution in [0.4, 0.5) is 0 Å². The summed E-state index contributed by atoms with van der Waals surface area (Å²) in [4.78, 5) is 2.14. The highest BCUT2D eigenvalue weighted by Crippen LogP contribution is 2.28. The van der Waals surface area contributed by atoms with Crippen LogP contribution in [0.5, 0.6) is 0 Å². The van der Waals surface area contributed by atoms with E-state index in [2.05, 4.69) is 75.3 Å². The Balaban J connectivity index is 2.39. The number of nitrogens with zero attached hydrogens (tertiary/aromatic N) is 1. The molecule has 108 valence electrons. The summed E-state index contributed by atoms with van der Waals surface area (Å²) in [6, 6.07) is 14.9. The van der Waals surface area contributed by atoms with Crippen LogP contribution in [0.1, 0.15) is 25.3 Å². The number of rotatable bonds is 5. The predicted octanol–water partition coefficient (Wildman–Crippen LogP) is 3.50. The molecule has 0 amide bonds. The Bertz CT molecular complexity index is 562. The molecule has 0 spiro atoms. The van der Waals surface area contributed by atoms with Gasteiger partial charge in [0.25, 0.3) is 0 Å². The third-order valence-electron chi connectivity index (χ3n) is 3.86. The summed E-state index contributed by atoms with van der Waals surface area (Å²) in [5.41, 5.74) is 1.22. The molecule has 2 heteroatoms. The van der Waals surface area contributed by atoms with Gasteiger partial charge in [-0.3, -0.25) is 0 Å². The van der Waals surface area contributed by atoms with Gasteiger partial charge in [-0.05, 0) is 36.3 Å². The van der Waals surface area contributed by atoms with Gasteiger partial charge in [0, 0.05) is 12.5 Å². The quantitative estimate of drug-likeness (QED) is 0.899. The van der Waals surface area contributed by atoms with Gasteiger partial charge in [0.2, 0.25) is 0 Å². The summed E-state index contributed by atoms with van der Waals surface area (Å²) in [6.45, 7) is 5.01. The van der Waals surface area contributed by atoms with Crippen molar-refractivity contribution in [1.82, 2.24) is 4.90 Å². The number of fused-ring (bicyclic) bond motifs is 1. The second kappa shape index (κ2) is 6.38. The molecule has 1 N–H and O–H groups in total. The van der Waals surface area contributed by atoms with Crippen molar-refractivity contribution in [3.05, 3.63) is 48.0 Å². The van der Waals surface area contributed by atoms with E-state index >= 15 is 0 Å². The maximum absolute atomic E-state index is 10.5. The average Bonchev–Trinajstić information content (AvgIpc) is 2.43. The molecule has 2 aromatic carbocycles. The van der Waals surface area contributed by atoms with Crippen molar-refractivity contribution in [2.24, 2.45) is 5.92 Å². The first kappa shape index (κ1) is 15.0. The molecule has 0 saturated carbocycles. The maximum Gasteiger partial charge on any atom is 0.0643 e. The molecule has 0 aliphatic heterocycles. The Hall–Kier alpha value is -1.38. The first-order chi connectivity index (χ1) is 9.49. The molecule has 0 fully saturated rings. The lowest BCUT2D eigenvalue weighted by Crippen LogP contribution is -2.32. The van der Waals surface area contributed by atoms with Gasteiger partial charge in [0.1, 0.15) is 0 Å². The fourth-order valence-electron chi connectivity index (χ4n) is 2.71. The molecule has 0 bridgehead atoms. The lowest BCUT2D eigenvalue weighted by atomic mass is 9.86. The van der Waals surface area contributed by atoms with Crippen LogP contribution in [0.25, 0.3) is 10.8 Å². The summed E-state index contributed by atoms with van der Waals surface area (Å²) in [5.74, 6) is 0.404. The second-order valence-electron chi connectivity index (χ2n) is 6.21. The Morgan fingerprint density at radius 2 is 1.65 bits per heavy atom. The van der Waals surface area contributed by atoms with Crippen LogP contribution in [0.3, 0.4) is 0 Å². The number of aliphatic hydroxyl groups is 1. The molecule has 0 aliphatic carbocycles. The topological polar surface area (TPSA) is 23.5 Å². The SMILES string of the molecule is CC(C)[C@H](O)C(CN(C)C)c1ccc2ccccc2c1. The van der Waals surface area contributed by atoms with Gasteiger partial charge in [-0.2, -0.15) is 0 Å². The van der Waals surface area contributed by atoms with Crippen molar-refractivity contribution in [2.45, 2.75) is 25.9 Å². The van der Waals surface area contributed by atoms with E-state index in [4.69, 9.17) is 0 Å². The van der Waals surface area contributed by atoms with Gasteiger partial charge in [0.15, 0.2) is 0 Å². The van der Waals surface area contributed by atoms with Crippen molar-refractivity contribution in [3.63, 3.8) is 0 Å². The first-order valence-corrected chi connectivity index (χ1v) is 7.30. The molecule has 2 nitrogen and oxygen atoms in total. The zero-order chi connectivity index (χ0) is 14.7. The van der Waals surface area contributed by atoms with E-state index in [-0.39, 0.29) is 17.9 Å². The summed E-state index contributed by atoms with van der Waals surface area (Å²) in [7, 11) is 4.11. The molecular weight excluding hydrogens is 246 g/mol. The van der Waals surface area contributed by atoms with Crippen molar-refractivity contribution < 1.29 is 5.11 Å². The second-order valence-corrected chi connectivity index (χ2v) is 6.21. The van der Waals surface area contributed by atoms with Crippen LogP contribution in [-0.2, 0) is 0 Å². The number of likely N-dealkylation sites (N-methyl/N-ethyl adjacent to an activating group) is 1. The molecule has 2 rings (SSSR count). The number of aliphatic hydroxyl groups excluding tert-OH is 1. The molecular formula is C18H25NO. The van der Waals surface area contributed by atoms with Crippen LogP contribution in [-0.4, -0.2) is 36.8 Å². The van der Waals surface area contributed by atoms with E-state index in [1.54, 1.807) is 0 Å². The van der Waals surface area contributed by atoms with Gasteiger partial charge in [-0.25, -0.2) is 0 Å². The minimum absolute atomic E-state index is 0.148. The molecule has 1 unspecified atom stereocenters. The van der Waals surface area contributed by atoms with Gasteiger partial charge in [-0.15, -0.1) is 0 Å². The molecule has 0 radical (unpaired) electrons. The van der Waals surface area contributed by atoms with Crippen molar-refractivity contribution in [2.75, 3.05) is 20.6 Å². The molecule has 2 atom stereocenters. The Morgan fingerprint density at radius 3 is 2.25 bits per heavy atom. The summed E-state index contributed by atoms with van der Waals surface area (Å²) in [6.07, 6.45) is -0.321. The van der Waals surface area contributed by atoms with Crippen molar-refractivity contribution >= 4 is 10.8 Å². The van der Waals surface area contributed by atoms with Crippen molar-refractivity contribution in [3.8, 4) is 0 Å². The Kier molecular flexibility index (Phi) is 4.79. The Morgan fingerprint density at radius 1 is 1.00 bits per heavy atom. The van der Waals surface area contributed by atoms with Crippen molar-refractivity contribution in [1.29, 1.82) is 0 Å². The van der Waals surface area contributed by atoms with E-state index in [0.717, 1.165) is 6.54 Å². The zero-order valence-electron chi connectivity index (χ0n) is 12.9. The number of hydrogen-bond acceptors (Lipinski definition) is 2. The third-order valence-corrected chi connectivity index (χ3v) is 3.86. The van der Waals surface area contributed by atoms with Gasteiger partial charge >= 0.3 is 0 Å². The highest BCUT2D eigenvalue weighted by Gasteiger charge is 2.24. The third kappa shape index (κ3) is 3.38. The van der Waals surface area contributed by atoms with E-state index < -0.39 is 0 Å². The van der Waals surface area contributed by atoms with E-state index in [0.29, 0.717) is 0 Å². The summed E-state index contributed by atoms with van der Waals surface area (Å²) >= 11 is 0. The molecule has 0 aromatic heterocycles. The highest BCUT2D eigenvalue weighted by atomic mass is 16.3. The van der Waals surface area contributed by atoms with Crippen LogP contribution < -0.4 is 0 Å². The van der Waals surface area contributed by atoms with E-state index in [1.165, 1.54) is 16.3 Å². The van der Waals surface area contributed by atoms with Gasteiger partial charge < -0.3 is 10.0 Å². The van der Waals surface area contributed by atoms with Gasteiger partial charge in [0.05, 0.1) is 6.10 Å². The smallest absolute Gasteiger partial charge is 0.0643 e. The van der Waals surface area contributed by atoms with E-state index in [9.17, 15) is 5.11 Å². The van der Waals surface area contributed by atoms with Crippen LogP contribution in [0.15, 0.2) is 42.5 Å². The fraction of sp³-hybridized carbons (Fsp3) is 0.444. The highest BCUT2D eigenvalue weighted by molar-refractivity contribution is 5.83. The van der Waals surface area contributed by atoms with E-state index in [1.807, 2.05) is 0 Å². The molecule has 20 heavy (non-hydrogen) atoms. The number of hydrogen-bond donors (Lipinski definition) is 1. The summed E-state index contributed by atoms with van der Waals surface area (Å²) in [5, 5.41) is 13.0. The minimum Gasteiger partial charge on any atom is -0.392 e. The standard InChI is InChI=1S/C18H25NO/c1-13(2)18(20)17(12-19(3)4)16-10-9-14-7-5-6-8-15(14)11-16/h5-11,13,17-18,20H,12H2,1-4H3/t17?,18-/m0/s1. The molecule has 0 heterocycles. The monoisotopic (exact) mass is 271 g/mol. The predicted molar refractivity (Wildman–Crippen MR) is 86.1 cm³/mol. The van der Waals surface area contributed by atoms with Crippen LogP contribution in [0, 0.1) is 5.92 Å². The van der Waals surface area contributed by atoms with Crippen LogP contribution in [0.2, 0.25) is 0 Å². The number of benzene rings is 2. The summed E-state index contributed by atoms with van der Waals surface area (Å²) < 4.78 is 0.